The van der Waals surface area contributed by atoms with E-state index in [1.165, 1.54) is 4.31 Å². The smallest absolute Gasteiger partial charge is 0.246 e. The van der Waals surface area contributed by atoms with E-state index in [2.05, 4.69) is 18.3 Å². The molecule has 0 radical (unpaired) electrons. The standard InChI is InChI=1S/C22H29N3O3S2/c1-4-24(5-2)30(27,28)19-10-8-9-18(15-19)23-16-22(26)25-14-13-17(3)29-21-12-7-6-11-20(21)25/h6-12,15,17,23H,4-5,13-14,16H2,1-3H3. The molecule has 1 N–H and O–H groups in total. The fourth-order valence-electron chi connectivity index (χ4n) is 3.50. The highest BCUT2D eigenvalue weighted by atomic mass is 32.2. The maximum Gasteiger partial charge on any atom is 0.246 e. The third kappa shape index (κ3) is 4.99. The van der Waals surface area contributed by atoms with Crippen molar-refractivity contribution in [1.82, 2.24) is 4.31 Å². The predicted molar refractivity (Wildman–Crippen MR) is 124 cm³/mol. The van der Waals surface area contributed by atoms with E-state index < -0.39 is 10.0 Å². The molecular weight excluding hydrogens is 418 g/mol. The molecule has 1 aliphatic heterocycles. The summed E-state index contributed by atoms with van der Waals surface area (Å²) in [6.07, 6.45) is 0.919. The fourth-order valence-corrected chi connectivity index (χ4v) is 6.12. The van der Waals surface area contributed by atoms with Crippen LogP contribution in [-0.4, -0.2) is 50.1 Å². The lowest BCUT2D eigenvalue weighted by Gasteiger charge is -2.23. The molecule has 0 saturated carbocycles. The number of fused-ring (bicyclic) bond motifs is 1. The third-order valence-corrected chi connectivity index (χ3v) is 8.45. The average Bonchev–Trinajstić information content (AvgIpc) is 2.91. The summed E-state index contributed by atoms with van der Waals surface area (Å²) in [4.78, 5) is 16.2. The van der Waals surface area contributed by atoms with E-state index in [9.17, 15) is 13.2 Å². The second-order valence-corrected chi connectivity index (χ2v) is 10.6. The van der Waals surface area contributed by atoms with Gasteiger partial charge in [0.1, 0.15) is 0 Å². The Hall–Kier alpha value is -2.03. The Morgan fingerprint density at radius 3 is 2.63 bits per heavy atom. The zero-order chi connectivity index (χ0) is 21.7. The molecule has 0 saturated heterocycles. The van der Waals surface area contributed by atoms with Crippen molar-refractivity contribution in [3.63, 3.8) is 0 Å². The van der Waals surface area contributed by atoms with Crippen molar-refractivity contribution >= 4 is 39.1 Å². The van der Waals surface area contributed by atoms with Crippen LogP contribution < -0.4 is 10.2 Å². The molecule has 0 fully saturated rings. The van der Waals surface area contributed by atoms with Gasteiger partial charge in [-0.1, -0.05) is 39.0 Å². The third-order valence-electron chi connectivity index (χ3n) is 5.17. The van der Waals surface area contributed by atoms with Gasteiger partial charge in [-0.3, -0.25) is 4.79 Å². The number of para-hydroxylation sites is 1. The van der Waals surface area contributed by atoms with E-state index in [1.54, 1.807) is 36.0 Å². The number of nitrogens with zero attached hydrogens (tertiary/aromatic N) is 2. The zero-order valence-corrected chi connectivity index (χ0v) is 19.3. The Morgan fingerprint density at radius 1 is 1.17 bits per heavy atom. The van der Waals surface area contributed by atoms with Crippen LogP contribution in [0.2, 0.25) is 0 Å². The van der Waals surface area contributed by atoms with Crippen LogP contribution in [0.15, 0.2) is 58.3 Å². The maximum atomic E-state index is 13.0. The largest absolute Gasteiger partial charge is 0.376 e. The summed E-state index contributed by atoms with van der Waals surface area (Å²) in [6, 6.07) is 14.6. The lowest BCUT2D eigenvalue weighted by molar-refractivity contribution is -0.117. The van der Waals surface area contributed by atoms with Crippen LogP contribution >= 0.6 is 11.8 Å². The fraction of sp³-hybridized carbons (Fsp3) is 0.409. The summed E-state index contributed by atoms with van der Waals surface area (Å²) in [5.74, 6) is -0.0332. The molecule has 8 heteroatoms. The Balaban J connectivity index is 1.74. The van der Waals surface area contributed by atoms with Crippen LogP contribution in [0.5, 0.6) is 0 Å². The molecule has 2 aromatic rings. The number of carbonyl (C=O) groups is 1. The normalized spacial score (nSPS) is 16.8. The number of nitrogens with one attached hydrogen (secondary N) is 1. The lowest BCUT2D eigenvalue weighted by atomic mass is 10.2. The lowest BCUT2D eigenvalue weighted by Crippen LogP contribution is -2.36. The number of hydrogen-bond acceptors (Lipinski definition) is 5. The second kappa shape index (κ2) is 9.85. The van der Waals surface area contributed by atoms with Gasteiger partial charge in [-0.15, -0.1) is 11.8 Å². The predicted octanol–water partition coefficient (Wildman–Crippen LogP) is 4.05. The number of anilines is 2. The van der Waals surface area contributed by atoms with Gasteiger partial charge in [-0.2, -0.15) is 4.31 Å². The molecule has 6 nitrogen and oxygen atoms in total. The first-order valence-corrected chi connectivity index (χ1v) is 12.6. The van der Waals surface area contributed by atoms with Crippen molar-refractivity contribution in [2.45, 2.75) is 42.2 Å². The first-order chi connectivity index (χ1) is 14.4. The molecule has 1 heterocycles. The van der Waals surface area contributed by atoms with Gasteiger partial charge in [-0.05, 0) is 36.8 Å². The highest BCUT2D eigenvalue weighted by molar-refractivity contribution is 8.00. The van der Waals surface area contributed by atoms with Crippen LogP contribution in [0, 0.1) is 0 Å². The van der Waals surface area contributed by atoms with Crippen LogP contribution in [0.1, 0.15) is 27.2 Å². The first-order valence-electron chi connectivity index (χ1n) is 10.3. The number of hydrogen-bond donors (Lipinski definition) is 1. The van der Waals surface area contributed by atoms with E-state index in [1.807, 2.05) is 36.9 Å². The van der Waals surface area contributed by atoms with Gasteiger partial charge in [-0.25, -0.2) is 8.42 Å². The minimum Gasteiger partial charge on any atom is -0.376 e. The number of carbonyl (C=O) groups excluding carboxylic acids is 1. The molecule has 1 aliphatic rings. The van der Waals surface area contributed by atoms with E-state index >= 15 is 0 Å². The highest BCUT2D eigenvalue weighted by Crippen LogP contribution is 2.37. The molecule has 0 bridgehead atoms. The number of amides is 1. The van der Waals surface area contributed by atoms with Gasteiger partial charge in [0, 0.05) is 35.5 Å². The Labute approximate surface area is 183 Å². The molecule has 30 heavy (non-hydrogen) atoms. The van der Waals surface area contributed by atoms with E-state index in [0.717, 1.165) is 17.0 Å². The number of benzene rings is 2. The summed E-state index contributed by atoms with van der Waals surface area (Å²) >= 11 is 1.79. The summed E-state index contributed by atoms with van der Waals surface area (Å²) in [5.41, 5.74) is 1.55. The highest BCUT2D eigenvalue weighted by Gasteiger charge is 2.24. The summed E-state index contributed by atoms with van der Waals surface area (Å²) < 4.78 is 26.9. The number of thioether (sulfide) groups is 1. The monoisotopic (exact) mass is 447 g/mol. The Bertz CT molecular complexity index is 991. The molecule has 1 atom stereocenters. The van der Waals surface area contributed by atoms with Gasteiger partial charge in [0.25, 0.3) is 0 Å². The molecular formula is C22H29N3O3S2. The minimum atomic E-state index is -3.54. The Morgan fingerprint density at radius 2 is 1.90 bits per heavy atom. The van der Waals surface area contributed by atoms with Crippen LogP contribution in [0.3, 0.4) is 0 Å². The average molecular weight is 448 g/mol. The van der Waals surface area contributed by atoms with Gasteiger partial charge in [0.15, 0.2) is 0 Å². The van der Waals surface area contributed by atoms with Crippen LogP contribution in [0.25, 0.3) is 0 Å². The van der Waals surface area contributed by atoms with Crippen LogP contribution in [0.4, 0.5) is 11.4 Å². The van der Waals surface area contributed by atoms with Crippen molar-refractivity contribution < 1.29 is 13.2 Å². The topological polar surface area (TPSA) is 69.7 Å². The van der Waals surface area contributed by atoms with Gasteiger partial charge in [0.2, 0.25) is 15.9 Å². The number of sulfonamides is 1. The molecule has 0 spiro atoms. The Kier molecular flexibility index (Phi) is 7.44. The van der Waals surface area contributed by atoms with Crippen molar-refractivity contribution in [2.75, 3.05) is 36.4 Å². The SMILES string of the molecule is CCN(CC)S(=O)(=O)c1cccc(NCC(=O)N2CCC(C)Sc3ccccc32)c1. The molecule has 0 aliphatic carbocycles. The number of rotatable bonds is 7. The molecule has 0 aromatic heterocycles. The summed E-state index contributed by atoms with van der Waals surface area (Å²) in [5, 5.41) is 3.55. The van der Waals surface area contributed by atoms with Crippen molar-refractivity contribution in [1.29, 1.82) is 0 Å². The molecule has 1 amide bonds. The minimum absolute atomic E-state index is 0.0332. The quantitative estimate of drug-likeness (QED) is 0.694. The summed E-state index contributed by atoms with van der Waals surface area (Å²) in [6.45, 7) is 7.42. The zero-order valence-electron chi connectivity index (χ0n) is 17.7. The first kappa shape index (κ1) is 22.7. The van der Waals surface area contributed by atoms with Gasteiger partial charge < -0.3 is 10.2 Å². The summed E-state index contributed by atoms with van der Waals surface area (Å²) in [7, 11) is -3.54. The van der Waals surface area contributed by atoms with Crippen molar-refractivity contribution in [3.8, 4) is 0 Å². The van der Waals surface area contributed by atoms with E-state index in [4.69, 9.17) is 0 Å². The molecule has 1 unspecified atom stereocenters. The second-order valence-electron chi connectivity index (χ2n) is 7.20. The van der Waals surface area contributed by atoms with E-state index in [-0.39, 0.29) is 17.3 Å². The van der Waals surface area contributed by atoms with Gasteiger partial charge >= 0.3 is 0 Å². The molecule has 3 rings (SSSR count). The van der Waals surface area contributed by atoms with Gasteiger partial charge in [0.05, 0.1) is 17.1 Å². The maximum absolute atomic E-state index is 13.0. The van der Waals surface area contributed by atoms with Crippen LogP contribution in [-0.2, 0) is 14.8 Å². The molecule has 162 valence electrons. The van der Waals surface area contributed by atoms with Crippen molar-refractivity contribution in [3.05, 3.63) is 48.5 Å². The molecule has 2 aromatic carbocycles. The van der Waals surface area contributed by atoms with E-state index in [0.29, 0.717) is 30.6 Å². The van der Waals surface area contributed by atoms with Crippen molar-refractivity contribution in [2.24, 2.45) is 0 Å².